The van der Waals surface area contributed by atoms with Gasteiger partial charge in [0, 0.05) is 0 Å². The number of nitrogens with zero attached hydrogens (tertiary/aromatic N) is 1. The Balaban J connectivity index is 1.49. The van der Waals surface area contributed by atoms with Gasteiger partial charge in [0.2, 0.25) is 0 Å². The Morgan fingerprint density at radius 3 is 2.88 bits per heavy atom. The Morgan fingerprint density at radius 2 is 2.04 bits per heavy atom. The van der Waals surface area contributed by atoms with Gasteiger partial charge in [-0.25, -0.2) is 5.43 Å². The molecule has 0 fully saturated rings. The van der Waals surface area contributed by atoms with Crippen molar-refractivity contribution >= 4 is 12.1 Å². The lowest BCUT2D eigenvalue weighted by Crippen LogP contribution is -2.24. The Bertz CT molecular complexity index is 758. The lowest BCUT2D eigenvalue weighted by atomic mass is 10.2. The zero-order valence-corrected chi connectivity index (χ0v) is 13.3. The number of fused-ring (bicyclic) bond motifs is 1. The summed E-state index contributed by atoms with van der Waals surface area (Å²) in [6.07, 6.45) is 1.54. The lowest BCUT2D eigenvalue weighted by Gasteiger charge is -2.18. The van der Waals surface area contributed by atoms with Crippen LogP contribution in [0.15, 0.2) is 47.6 Å². The second kappa shape index (κ2) is 7.50. The molecule has 124 valence electrons. The molecule has 3 rings (SSSR count). The van der Waals surface area contributed by atoms with Gasteiger partial charge in [-0.15, -0.1) is 0 Å². The number of benzene rings is 2. The minimum absolute atomic E-state index is 0.0953. The SMILES string of the molecule is Cc1cccc(OCC(=O)N/N=C\c2ccc3c(c2)OCCO3)c1. The molecule has 0 radical (unpaired) electrons. The molecule has 0 saturated heterocycles. The van der Waals surface area contributed by atoms with E-state index in [0.29, 0.717) is 30.5 Å². The van der Waals surface area contributed by atoms with E-state index >= 15 is 0 Å². The van der Waals surface area contributed by atoms with Crippen LogP contribution in [-0.4, -0.2) is 31.9 Å². The van der Waals surface area contributed by atoms with Gasteiger partial charge >= 0.3 is 0 Å². The van der Waals surface area contributed by atoms with E-state index in [4.69, 9.17) is 14.2 Å². The van der Waals surface area contributed by atoms with E-state index in [0.717, 1.165) is 11.1 Å². The molecule has 1 amide bonds. The number of amides is 1. The third-order valence-corrected chi connectivity index (χ3v) is 3.33. The number of nitrogens with one attached hydrogen (secondary N) is 1. The molecule has 1 aliphatic rings. The first kappa shape index (κ1) is 15.9. The molecule has 6 nitrogen and oxygen atoms in total. The summed E-state index contributed by atoms with van der Waals surface area (Å²) >= 11 is 0. The molecule has 2 aromatic rings. The van der Waals surface area contributed by atoms with E-state index < -0.39 is 0 Å². The van der Waals surface area contributed by atoms with E-state index in [1.165, 1.54) is 0 Å². The van der Waals surface area contributed by atoms with E-state index in [-0.39, 0.29) is 12.5 Å². The highest BCUT2D eigenvalue weighted by atomic mass is 16.6. The van der Waals surface area contributed by atoms with Crippen LogP contribution in [0.1, 0.15) is 11.1 Å². The minimum Gasteiger partial charge on any atom is -0.486 e. The Morgan fingerprint density at radius 1 is 1.21 bits per heavy atom. The van der Waals surface area contributed by atoms with Crippen LogP contribution in [0, 0.1) is 6.92 Å². The monoisotopic (exact) mass is 326 g/mol. The number of hydrogen-bond acceptors (Lipinski definition) is 5. The summed E-state index contributed by atoms with van der Waals surface area (Å²) in [7, 11) is 0. The quantitative estimate of drug-likeness (QED) is 0.676. The van der Waals surface area contributed by atoms with Gasteiger partial charge in [-0.3, -0.25) is 4.79 Å². The highest BCUT2D eigenvalue weighted by Crippen LogP contribution is 2.30. The molecule has 0 spiro atoms. The second-order valence-electron chi connectivity index (χ2n) is 5.30. The van der Waals surface area contributed by atoms with Gasteiger partial charge in [0.1, 0.15) is 19.0 Å². The van der Waals surface area contributed by atoms with E-state index in [9.17, 15) is 4.79 Å². The summed E-state index contributed by atoms with van der Waals surface area (Å²) in [6.45, 7) is 2.95. The van der Waals surface area contributed by atoms with Crippen molar-refractivity contribution in [1.29, 1.82) is 0 Å². The number of carbonyl (C=O) groups is 1. The van der Waals surface area contributed by atoms with Gasteiger partial charge in [-0.1, -0.05) is 12.1 Å². The Hall–Kier alpha value is -3.02. The first-order chi connectivity index (χ1) is 11.7. The molecule has 0 aliphatic carbocycles. The average Bonchev–Trinajstić information content (AvgIpc) is 2.60. The minimum atomic E-state index is -0.328. The molecule has 0 atom stereocenters. The molecule has 6 heteroatoms. The van der Waals surface area contributed by atoms with Crippen LogP contribution >= 0.6 is 0 Å². The van der Waals surface area contributed by atoms with Crippen LogP contribution in [0.2, 0.25) is 0 Å². The number of hydrazone groups is 1. The van der Waals surface area contributed by atoms with Gasteiger partial charge < -0.3 is 14.2 Å². The maximum absolute atomic E-state index is 11.7. The topological polar surface area (TPSA) is 69.2 Å². The summed E-state index contributed by atoms with van der Waals surface area (Å²) in [4.78, 5) is 11.7. The van der Waals surface area contributed by atoms with Gasteiger partial charge in [0.15, 0.2) is 18.1 Å². The highest BCUT2D eigenvalue weighted by Gasteiger charge is 2.10. The number of hydrogen-bond donors (Lipinski definition) is 1. The van der Waals surface area contributed by atoms with Gasteiger partial charge in [-0.2, -0.15) is 5.10 Å². The van der Waals surface area contributed by atoms with Gasteiger partial charge in [-0.05, 0) is 48.4 Å². The van der Waals surface area contributed by atoms with Crippen molar-refractivity contribution < 1.29 is 19.0 Å². The van der Waals surface area contributed by atoms with Crippen molar-refractivity contribution in [2.45, 2.75) is 6.92 Å². The molecule has 1 heterocycles. The third-order valence-electron chi connectivity index (χ3n) is 3.33. The van der Waals surface area contributed by atoms with Gasteiger partial charge in [0.05, 0.1) is 6.21 Å². The van der Waals surface area contributed by atoms with E-state index in [1.807, 2.05) is 43.3 Å². The van der Waals surface area contributed by atoms with E-state index in [2.05, 4.69) is 10.5 Å². The van der Waals surface area contributed by atoms with Crippen molar-refractivity contribution in [3.63, 3.8) is 0 Å². The van der Waals surface area contributed by atoms with Crippen LogP contribution in [0.4, 0.5) is 0 Å². The molecule has 1 aliphatic heterocycles. The second-order valence-corrected chi connectivity index (χ2v) is 5.30. The smallest absolute Gasteiger partial charge is 0.277 e. The maximum Gasteiger partial charge on any atom is 0.277 e. The number of aryl methyl sites for hydroxylation is 1. The predicted octanol–water partition coefficient (Wildman–Crippen LogP) is 2.30. The lowest BCUT2D eigenvalue weighted by molar-refractivity contribution is -0.123. The maximum atomic E-state index is 11.7. The largest absolute Gasteiger partial charge is 0.486 e. The van der Waals surface area contributed by atoms with Crippen molar-refractivity contribution in [1.82, 2.24) is 5.43 Å². The summed E-state index contributed by atoms with van der Waals surface area (Å²) in [5, 5.41) is 3.92. The average molecular weight is 326 g/mol. The van der Waals surface area contributed by atoms with Crippen molar-refractivity contribution in [2.24, 2.45) is 5.10 Å². The molecule has 24 heavy (non-hydrogen) atoms. The van der Waals surface area contributed by atoms with Gasteiger partial charge in [0.25, 0.3) is 5.91 Å². The molecule has 0 aromatic heterocycles. The molecule has 2 aromatic carbocycles. The first-order valence-corrected chi connectivity index (χ1v) is 7.62. The van der Waals surface area contributed by atoms with Crippen LogP contribution in [0.25, 0.3) is 0 Å². The zero-order valence-electron chi connectivity index (χ0n) is 13.3. The number of ether oxygens (including phenoxy) is 3. The third kappa shape index (κ3) is 4.25. The van der Waals surface area contributed by atoms with Crippen LogP contribution < -0.4 is 19.6 Å². The molecule has 0 bridgehead atoms. The molecule has 1 N–H and O–H groups in total. The Kier molecular flexibility index (Phi) is 4.96. The van der Waals surface area contributed by atoms with E-state index in [1.54, 1.807) is 12.3 Å². The number of rotatable bonds is 5. The van der Waals surface area contributed by atoms with Crippen molar-refractivity contribution in [2.75, 3.05) is 19.8 Å². The zero-order chi connectivity index (χ0) is 16.8. The van der Waals surface area contributed by atoms with Crippen LogP contribution in [0.5, 0.6) is 17.2 Å². The predicted molar refractivity (Wildman–Crippen MR) is 89.8 cm³/mol. The number of carbonyl (C=O) groups excluding carboxylic acids is 1. The fourth-order valence-electron chi connectivity index (χ4n) is 2.21. The van der Waals surface area contributed by atoms with Crippen LogP contribution in [0.3, 0.4) is 0 Å². The van der Waals surface area contributed by atoms with Crippen molar-refractivity contribution in [3.05, 3.63) is 53.6 Å². The molecule has 0 saturated carbocycles. The van der Waals surface area contributed by atoms with Crippen LogP contribution in [-0.2, 0) is 4.79 Å². The molecule has 0 unspecified atom stereocenters. The Labute approximate surface area is 140 Å². The molecular weight excluding hydrogens is 308 g/mol. The van der Waals surface area contributed by atoms with Crippen molar-refractivity contribution in [3.8, 4) is 17.2 Å². The fraction of sp³-hybridized carbons (Fsp3) is 0.222. The summed E-state index contributed by atoms with van der Waals surface area (Å²) in [6, 6.07) is 13.0. The highest BCUT2D eigenvalue weighted by molar-refractivity contribution is 5.83. The summed E-state index contributed by atoms with van der Waals surface area (Å²) in [5.74, 6) is 1.72. The fourth-order valence-corrected chi connectivity index (χ4v) is 2.21. The normalized spacial score (nSPS) is 12.9. The molecular formula is C18H18N2O4. The summed E-state index contributed by atoms with van der Waals surface area (Å²) in [5.41, 5.74) is 4.31. The first-order valence-electron chi connectivity index (χ1n) is 7.62. The summed E-state index contributed by atoms with van der Waals surface area (Å²) < 4.78 is 16.3. The standard InChI is InChI=1S/C18H18N2O4/c1-13-3-2-4-15(9-13)24-12-18(21)20-19-11-14-5-6-16-17(10-14)23-8-7-22-16/h2-6,9-11H,7-8,12H2,1H3,(H,20,21)/b19-11-.